The molecule has 1 heterocycles. The normalized spacial score (nSPS) is 11.3. The zero-order chi connectivity index (χ0) is 9.90. The minimum atomic E-state index is -0.287. The molecule has 0 bridgehead atoms. The van der Waals surface area contributed by atoms with Crippen LogP contribution in [0, 0.1) is 5.41 Å². The lowest BCUT2D eigenvalue weighted by molar-refractivity contribution is -0.125. The fourth-order valence-corrected chi connectivity index (χ4v) is 0.852. The van der Waals surface area contributed by atoms with Gasteiger partial charge in [0.1, 0.15) is 12.1 Å². The van der Waals surface area contributed by atoms with Crippen LogP contribution < -0.4 is 0 Å². The number of carbonyl (C=O) groups is 1. The molecule has 1 aromatic rings. The van der Waals surface area contributed by atoms with E-state index in [0.717, 1.165) is 5.69 Å². The molecule has 0 amide bonds. The first-order valence-corrected chi connectivity index (χ1v) is 4.28. The number of hydrogen-bond acceptors (Lipinski definition) is 3. The van der Waals surface area contributed by atoms with Crippen LogP contribution in [0.5, 0.6) is 0 Å². The SMILES string of the molecule is CC(C)(C)C(=O)Cc1ccncn1. The fraction of sp³-hybridized carbons (Fsp3) is 0.500. The van der Waals surface area contributed by atoms with E-state index in [2.05, 4.69) is 9.97 Å². The molecular weight excluding hydrogens is 164 g/mol. The molecule has 0 aliphatic carbocycles. The molecule has 3 nitrogen and oxygen atoms in total. The van der Waals surface area contributed by atoms with Crippen molar-refractivity contribution in [1.29, 1.82) is 0 Å². The van der Waals surface area contributed by atoms with E-state index in [4.69, 9.17) is 0 Å². The Hall–Kier alpha value is -1.25. The van der Waals surface area contributed by atoms with E-state index in [-0.39, 0.29) is 11.2 Å². The largest absolute Gasteiger partial charge is 0.299 e. The van der Waals surface area contributed by atoms with Crippen LogP contribution in [0.3, 0.4) is 0 Å². The summed E-state index contributed by atoms with van der Waals surface area (Å²) in [4.78, 5) is 19.4. The van der Waals surface area contributed by atoms with Gasteiger partial charge in [0.2, 0.25) is 0 Å². The fourth-order valence-electron chi connectivity index (χ4n) is 0.852. The van der Waals surface area contributed by atoms with E-state index in [1.54, 1.807) is 12.3 Å². The van der Waals surface area contributed by atoms with E-state index < -0.39 is 0 Å². The van der Waals surface area contributed by atoms with Gasteiger partial charge >= 0.3 is 0 Å². The molecule has 0 aromatic carbocycles. The topological polar surface area (TPSA) is 42.9 Å². The predicted molar refractivity (Wildman–Crippen MR) is 50.2 cm³/mol. The molecule has 1 aromatic heterocycles. The summed E-state index contributed by atoms with van der Waals surface area (Å²) in [5.74, 6) is 0.200. The second kappa shape index (κ2) is 3.64. The van der Waals surface area contributed by atoms with Crippen molar-refractivity contribution >= 4 is 5.78 Å². The molecule has 0 spiro atoms. The maximum absolute atomic E-state index is 11.6. The second-order valence-electron chi connectivity index (χ2n) is 4.05. The number of hydrogen-bond donors (Lipinski definition) is 0. The average molecular weight is 178 g/mol. The van der Waals surface area contributed by atoms with Gasteiger partial charge in [0, 0.05) is 18.0 Å². The molecule has 3 heteroatoms. The summed E-state index contributed by atoms with van der Waals surface area (Å²) in [5, 5.41) is 0. The van der Waals surface area contributed by atoms with Gasteiger partial charge < -0.3 is 0 Å². The number of ketones is 1. The highest BCUT2D eigenvalue weighted by Gasteiger charge is 2.21. The molecule has 0 saturated heterocycles. The van der Waals surface area contributed by atoms with Crippen LogP contribution in [-0.2, 0) is 11.2 Å². The lowest BCUT2D eigenvalue weighted by atomic mass is 9.88. The van der Waals surface area contributed by atoms with Crippen LogP contribution in [0.4, 0.5) is 0 Å². The molecule has 70 valence electrons. The molecule has 0 N–H and O–H groups in total. The van der Waals surface area contributed by atoms with Gasteiger partial charge in [-0.2, -0.15) is 0 Å². The highest BCUT2D eigenvalue weighted by atomic mass is 16.1. The standard InChI is InChI=1S/C10H14N2O/c1-10(2,3)9(13)6-8-4-5-11-7-12-8/h4-5,7H,6H2,1-3H3. The van der Waals surface area contributed by atoms with Gasteiger partial charge in [-0.15, -0.1) is 0 Å². The zero-order valence-corrected chi connectivity index (χ0v) is 8.24. The maximum atomic E-state index is 11.6. The van der Waals surface area contributed by atoms with Crippen molar-refractivity contribution in [1.82, 2.24) is 9.97 Å². The Balaban J connectivity index is 2.66. The van der Waals surface area contributed by atoms with E-state index in [0.29, 0.717) is 6.42 Å². The summed E-state index contributed by atoms with van der Waals surface area (Å²) >= 11 is 0. The molecule has 0 unspecified atom stereocenters. The molecular formula is C10H14N2O. The molecule has 0 aliphatic rings. The van der Waals surface area contributed by atoms with E-state index >= 15 is 0 Å². The van der Waals surface area contributed by atoms with Gasteiger partial charge in [-0.3, -0.25) is 4.79 Å². The molecule has 0 aliphatic heterocycles. The molecule has 0 fully saturated rings. The number of Topliss-reactive ketones (excluding diaryl/α,β-unsaturated/α-hetero) is 1. The van der Waals surface area contributed by atoms with Crippen LogP contribution in [-0.4, -0.2) is 15.8 Å². The quantitative estimate of drug-likeness (QED) is 0.691. The lowest BCUT2D eigenvalue weighted by Crippen LogP contribution is -2.22. The second-order valence-corrected chi connectivity index (χ2v) is 4.05. The van der Waals surface area contributed by atoms with Crippen molar-refractivity contribution in [3.63, 3.8) is 0 Å². The van der Waals surface area contributed by atoms with Crippen molar-refractivity contribution in [3.8, 4) is 0 Å². The third kappa shape index (κ3) is 2.93. The monoisotopic (exact) mass is 178 g/mol. The number of nitrogens with zero attached hydrogens (tertiary/aromatic N) is 2. The Morgan fingerprint density at radius 1 is 1.46 bits per heavy atom. The van der Waals surface area contributed by atoms with Gasteiger partial charge in [-0.1, -0.05) is 20.8 Å². The molecule has 1 rings (SSSR count). The Labute approximate surface area is 78.2 Å². The lowest BCUT2D eigenvalue weighted by Gasteiger charge is -2.15. The minimum absolute atomic E-state index is 0.200. The van der Waals surface area contributed by atoms with Crippen LogP contribution >= 0.6 is 0 Å². The average Bonchev–Trinajstić information content (AvgIpc) is 2.04. The van der Waals surface area contributed by atoms with Crippen molar-refractivity contribution in [2.24, 2.45) is 5.41 Å². The van der Waals surface area contributed by atoms with Gasteiger partial charge in [-0.05, 0) is 6.07 Å². The van der Waals surface area contributed by atoms with E-state index in [1.807, 2.05) is 20.8 Å². The van der Waals surface area contributed by atoms with Crippen LogP contribution in [0.1, 0.15) is 26.5 Å². The zero-order valence-electron chi connectivity index (χ0n) is 8.24. The summed E-state index contributed by atoms with van der Waals surface area (Å²) in [6, 6.07) is 1.77. The molecule has 0 radical (unpaired) electrons. The van der Waals surface area contributed by atoms with Gasteiger partial charge in [0.05, 0.1) is 5.69 Å². The van der Waals surface area contributed by atoms with Crippen LogP contribution in [0.25, 0.3) is 0 Å². The maximum Gasteiger partial charge on any atom is 0.144 e. The smallest absolute Gasteiger partial charge is 0.144 e. The third-order valence-electron chi connectivity index (χ3n) is 1.82. The van der Waals surface area contributed by atoms with Crippen molar-refractivity contribution in [2.75, 3.05) is 0 Å². The Kier molecular flexibility index (Phi) is 2.76. The summed E-state index contributed by atoms with van der Waals surface area (Å²) in [6.07, 6.45) is 3.51. The van der Waals surface area contributed by atoms with E-state index in [1.165, 1.54) is 6.33 Å². The first-order chi connectivity index (χ1) is 6.00. The highest BCUT2D eigenvalue weighted by Crippen LogP contribution is 2.16. The Morgan fingerprint density at radius 2 is 2.15 bits per heavy atom. The first kappa shape index (κ1) is 9.84. The van der Waals surface area contributed by atoms with Crippen molar-refractivity contribution in [3.05, 3.63) is 24.3 Å². The van der Waals surface area contributed by atoms with Gasteiger partial charge in [-0.25, -0.2) is 9.97 Å². The highest BCUT2D eigenvalue weighted by molar-refractivity contribution is 5.85. The minimum Gasteiger partial charge on any atom is -0.299 e. The summed E-state index contributed by atoms with van der Waals surface area (Å²) in [7, 11) is 0. The first-order valence-electron chi connectivity index (χ1n) is 4.28. The number of rotatable bonds is 2. The summed E-state index contributed by atoms with van der Waals surface area (Å²) < 4.78 is 0. The van der Waals surface area contributed by atoms with Gasteiger partial charge in [0.25, 0.3) is 0 Å². The van der Waals surface area contributed by atoms with Gasteiger partial charge in [0.15, 0.2) is 0 Å². The van der Waals surface area contributed by atoms with E-state index in [9.17, 15) is 4.79 Å². The summed E-state index contributed by atoms with van der Waals surface area (Å²) in [6.45, 7) is 5.74. The molecule has 13 heavy (non-hydrogen) atoms. The van der Waals surface area contributed by atoms with Crippen LogP contribution in [0.2, 0.25) is 0 Å². The number of carbonyl (C=O) groups excluding carboxylic acids is 1. The molecule has 0 atom stereocenters. The predicted octanol–water partition coefficient (Wildman–Crippen LogP) is 1.63. The van der Waals surface area contributed by atoms with Crippen molar-refractivity contribution < 1.29 is 4.79 Å². The van der Waals surface area contributed by atoms with Crippen molar-refractivity contribution in [2.45, 2.75) is 27.2 Å². The number of aromatic nitrogens is 2. The third-order valence-corrected chi connectivity index (χ3v) is 1.82. The molecule has 0 saturated carbocycles. The Morgan fingerprint density at radius 3 is 2.62 bits per heavy atom. The Bertz CT molecular complexity index is 288. The van der Waals surface area contributed by atoms with Crippen LogP contribution in [0.15, 0.2) is 18.6 Å². The summed E-state index contributed by atoms with van der Waals surface area (Å²) in [5.41, 5.74) is 0.500.